The number of nitrogens with one attached hydrogen (secondary N) is 2. The van der Waals surface area contributed by atoms with Gasteiger partial charge >= 0.3 is 0 Å². The van der Waals surface area contributed by atoms with E-state index in [0.717, 1.165) is 18.5 Å². The van der Waals surface area contributed by atoms with Gasteiger partial charge in [-0.05, 0) is 23.6 Å². The minimum absolute atomic E-state index is 0.0807. The Bertz CT molecular complexity index is 570. The molecule has 2 aromatic carbocycles. The molecular weight excluding hydrogens is 248 g/mol. The average Bonchev–Trinajstić information content (AvgIpc) is 2.92. The van der Waals surface area contributed by atoms with Crippen LogP contribution < -0.4 is 10.6 Å². The summed E-state index contributed by atoms with van der Waals surface area (Å²) in [7, 11) is 0. The van der Waals surface area contributed by atoms with Crippen LogP contribution in [0.3, 0.4) is 0 Å². The SMILES string of the molecule is O=C(NCCc1ccccc1)C1Cc2ccccc2N1. The van der Waals surface area contributed by atoms with E-state index in [-0.39, 0.29) is 11.9 Å². The minimum atomic E-state index is -0.136. The molecule has 1 aliphatic heterocycles. The average molecular weight is 266 g/mol. The molecule has 2 N–H and O–H groups in total. The third-order valence-corrected chi connectivity index (χ3v) is 3.64. The molecule has 0 fully saturated rings. The molecule has 1 aliphatic rings. The molecule has 0 aliphatic carbocycles. The van der Waals surface area contributed by atoms with E-state index in [2.05, 4.69) is 28.8 Å². The highest BCUT2D eigenvalue weighted by Crippen LogP contribution is 2.24. The largest absolute Gasteiger partial charge is 0.373 e. The van der Waals surface area contributed by atoms with Gasteiger partial charge in [-0.3, -0.25) is 4.79 Å². The first kappa shape index (κ1) is 12.7. The van der Waals surface area contributed by atoms with Gasteiger partial charge in [-0.2, -0.15) is 0 Å². The standard InChI is InChI=1S/C17H18N2O/c20-17(18-11-10-13-6-2-1-3-7-13)16-12-14-8-4-5-9-15(14)19-16/h1-9,16,19H,10-12H2,(H,18,20). The molecule has 1 amide bonds. The lowest BCUT2D eigenvalue weighted by atomic mass is 10.1. The molecule has 3 rings (SSSR count). The molecule has 20 heavy (non-hydrogen) atoms. The second-order valence-corrected chi connectivity index (χ2v) is 5.08. The van der Waals surface area contributed by atoms with E-state index in [1.165, 1.54) is 11.1 Å². The fourth-order valence-corrected chi connectivity index (χ4v) is 2.55. The Balaban J connectivity index is 1.49. The highest BCUT2D eigenvalue weighted by Gasteiger charge is 2.25. The lowest BCUT2D eigenvalue weighted by Crippen LogP contribution is -2.39. The van der Waals surface area contributed by atoms with Gasteiger partial charge in [-0.25, -0.2) is 0 Å². The Morgan fingerprint density at radius 2 is 1.85 bits per heavy atom. The van der Waals surface area contributed by atoms with Gasteiger partial charge in [0.2, 0.25) is 5.91 Å². The predicted octanol–water partition coefficient (Wildman–Crippen LogP) is 2.38. The number of hydrogen-bond acceptors (Lipinski definition) is 2. The van der Waals surface area contributed by atoms with Crippen molar-refractivity contribution in [3.63, 3.8) is 0 Å². The molecule has 0 saturated carbocycles. The van der Waals surface area contributed by atoms with Crippen molar-refractivity contribution < 1.29 is 4.79 Å². The van der Waals surface area contributed by atoms with Crippen LogP contribution in [0.2, 0.25) is 0 Å². The monoisotopic (exact) mass is 266 g/mol. The number of amides is 1. The molecule has 0 saturated heterocycles. The molecule has 102 valence electrons. The normalized spacial score (nSPS) is 16.3. The molecule has 0 radical (unpaired) electrons. The molecule has 0 aromatic heterocycles. The van der Waals surface area contributed by atoms with Crippen LogP contribution in [-0.2, 0) is 17.6 Å². The number of carbonyl (C=O) groups is 1. The van der Waals surface area contributed by atoms with Crippen molar-refractivity contribution in [1.82, 2.24) is 5.32 Å². The Morgan fingerprint density at radius 3 is 2.65 bits per heavy atom. The van der Waals surface area contributed by atoms with E-state index in [9.17, 15) is 4.79 Å². The molecule has 3 nitrogen and oxygen atoms in total. The zero-order valence-electron chi connectivity index (χ0n) is 11.3. The second-order valence-electron chi connectivity index (χ2n) is 5.08. The highest BCUT2D eigenvalue weighted by atomic mass is 16.2. The smallest absolute Gasteiger partial charge is 0.242 e. The lowest BCUT2D eigenvalue weighted by molar-refractivity contribution is -0.121. The van der Waals surface area contributed by atoms with Gasteiger partial charge in [0, 0.05) is 18.7 Å². The molecule has 3 heteroatoms. The number of fused-ring (bicyclic) bond motifs is 1. The first-order valence-corrected chi connectivity index (χ1v) is 6.99. The van der Waals surface area contributed by atoms with Gasteiger partial charge in [0.1, 0.15) is 6.04 Å². The first-order chi connectivity index (χ1) is 9.83. The number of rotatable bonds is 4. The van der Waals surface area contributed by atoms with Crippen molar-refractivity contribution in [2.45, 2.75) is 18.9 Å². The summed E-state index contributed by atoms with van der Waals surface area (Å²) in [4.78, 5) is 12.1. The summed E-state index contributed by atoms with van der Waals surface area (Å²) in [6.45, 7) is 0.678. The van der Waals surface area contributed by atoms with Crippen molar-refractivity contribution in [3.05, 3.63) is 65.7 Å². The van der Waals surface area contributed by atoms with Crippen LogP contribution in [0.15, 0.2) is 54.6 Å². The fraction of sp³-hybridized carbons (Fsp3) is 0.235. The van der Waals surface area contributed by atoms with Crippen molar-refractivity contribution in [3.8, 4) is 0 Å². The number of benzene rings is 2. The van der Waals surface area contributed by atoms with Gasteiger partial charge in [0.25, 0.3) is 0 Å². The van der Waals surface area contributed by atoms with E-state index in [1.807, 2.05) is 36.4 Å². The van der Waals surface area contributed by atoms with Gasteiger partial charge in [-0.1, -0.05) is 48.5 Å². The maximum Gasteiger partial charge on any atom is 0.242 e. The maximum absolute atomic E-state index is 12.1. The molecule has 0 bridgehead atoms. The third-order valence-electron chi connectivity index (χ3n) is 3.64. The third kappa shape index (κ3) is 2.82. The van der Waals surface area contributed by atoms with E-state index in [4.69, 9.17) is 0 Å². The topological polar surface area (TPSA) is 41.1 Å². The van der Waals surface area contributed by atoms with Gasteiger partial charge in [0.15, 0.2) is 0 Å². The van der Waals surface area contributed by atoms with Crippen LogP contribution >= 0.6 is 0 Å². The van der Waals surface area contributed by atoms with Crippen LogP contribution in [-0.4, -0.2) is 18.5 Å². The summed E-state index contributed by atoms with van der Waals surface area (Å²) in [6.07, 6.45) is 1.64. The van der Waals surface area contributed by atoms with Crippen molar-refractivity contribution in [2.75, 3.05) is 11.9 Å². The molecule has 1 heterocycles. The first-order valence-electron chi connectivity index (χ1n) is 6.99. The van der Waals surface area contributed by atoms with E-state index < -0.39 is 0 Å². The number of para-hydroxylation sites is 1. The van der Waals surface area contributed by atoms with Crippen LogP contribution in [0.4, 0.5) is 5.69 Å². The Morgan fingerprint density at radius 1 is 1.10 bits per heavy atom. The Hall–Kier alpha value is -2.29. The lowest BCUT2D eigenvalue weighted by Gasteiger charge is -2.12. The van der Waals surface area contributed by atoms with Crippen molar-refractivity contribution in [1.29, 1.82) is 0 Å². The summed E-state index contributed by atoms with van der Waals surface area (Å²) in [5.74, 6) is 0.0807. The number of carbonyl (C=O) groups excluding carboxylic acids is 1. The van der Waals surface area contributed by atoms with E-state index in [0.29, 0.717) is 6.54 Å². The number of hydrogen-bond donors (Lipinski definition) is 2. The van der Waals surface area contributed by atoms with Crippen molar-refractivity contribution >= 4 is 11.6 Å². The van der Waals surface area contributed by atoms with Crippen LogP contribution in [0.1, 0.15) is 11.1 Å². The predicted molar refractivity (Wildman–Crippen MR) is 80.7 cm³/mol. The summed E-state index contributed by atoms with van der Waals surface area (Å²) in [5.41, 5.74) is 3.54. The molecule has 0 spiro atoms. The van der Waals surface area contributed by atoms with Gasteiger partial charge < -0.3 is 10.6 Å². The number of anilines is 1. The molecule has 2 aromatic rings. The zero-order chi connectivity index (χ0) is 13.8. The quantitative estimate of drug-likeness (QED) is 0.892. The minimum Gasteiger partial charge on any atom is -0.373 e. The summed E-state index contributed by atoms with van der Waals surface area (Å²) < 4.78 is 0. The maximum atomic E-state index is 12.1. The van der Waals surface area contributed by atoms with E-state index >= 15 is 0 Å². The fourth-order valence-electron chi connectivity index (χ4n) is 2.55. The Labute approximate surface area is 119 Å². The summed E-state index contributed by atoms with van der Waals surface area (Å²) >= 11 is 0. The zero-order valence-corrected chi connectivity index (χ0v) is 11.3. The van der Waals surface area contributed by atoms with Crippen LogP contribution in [0.25, 0.3) is 0 Å². The second kappa shape index (κ2) is 5.78. The Kier molecular flexibility index (Phi) is 3.68. The summed E-state index contributed by atoms with van der Waals surface area (Å²) in [6, 6.07) is 18.2. The molecule has 1 unspecified atom stereocenters. The summed E-state index contributed by atoms with van der Waals surface area (Å²) in [5, 5.41) is 6.28. The molecular formula is C17H18N2O. The van der Waals surface area contributed by atoms with Crippen LogP contribution in [0, 0.1) is 0 Å². The van der Waals surface area contributed by atoms with Gasteiger partial charge in [0.05, 0.1) is 0 Å². The van der Waals surface area contributed by atoms with E-state index in [1.54, 1.807) is 0 Å². The highest BCUT2D eigenvalue weighted by molar-refractivity contribution is 5.87. The van der Waals surface area contributed by atoms with Gasteiger partial charge in [-0.15, -0.1) is 0 Å². The molecule has 1 atom stereocenters. The van der Waals surface area contributed by atoms with Crippen LogP contribution in [0.5, 0.6) is 0 Å². The van der Waals surface area contributed by atoms with Crippen molar-refractivity contribution in [2.24, 2.45) is 0 Å².